The molecule has 0 radical (unpaired) electrons. The van der Waals surface area contributed by atoms with Crippen molar-refractivity contribution in [3.63, 3.8) is 0 Å². The number of rotatable bonds is 6. The summed E-state index contributed by atoms with van der Waals surface area (Å²) in [5, 5.41) is 7.43. The number of likely N-dealkylation sites (N-methyl/N-ethyl adjacent to an activating group) is 1. The van der Waals surface area contributed by atoms with Gasteiger partial charge in [0.2, 0.25) is 0 Å². The molecule has 0 saturated heterocycles. The number of fused-ring (bicyclic) bond motifs is 1. The number of carbonyl (C=O) groups excluding carboxylic acids is 2. The van der Waals surface area contributed by atoms with Gasteiger partial charge in [-0.2, -0.15) is 5.10 Å². The quantitative estimate of drug-likeness (QED) is 0.353. The topological polar surface area (TPSA) is 68.2 Å². The van der Waals surface area contributed by atoms with E-state index in [0.717, 1.165) is 10.8 Å². The van der Waals surface area contributed by atoms with Gasteiger partial charge in [-0.05, 0) is 29.8 Å². The van der Waals surface area contributed by atoms with Crippen LogP contribution < -0.4 is 4.74 Å². The van der Waals surface area contributed by atoms with Crippen LogP contribution in [0.5, 0.6) is 5.75 Å². The van der Waals surface area contributed by atoms with Gasteiger partial charge in [-0.15, -0.1) is 0 Å². The number of hydrogen-bond acceptors (Lipinski definition) is 6. The first-order valence-corrected chi connectivity index (χ1v) is 7.54. The molecule has 0 aliphatic heterocycles. The van der Waals surface area contributed by atoms with Crippen molar-refractivity contribution in [2.24, 2.45) is 5.10 Å². The fourth-order valence-electron chi connectivity index (χ4n) is 2.29. The molecule has 2 aromatic rings. The summed E-state index contributed by atoms with van der Waals surface area (Å²) in [4.78, 5) is 24.0. The van der Waals surface area contributed by atoms with Crippen molar-refractivity contribution < 1.29 is 19.1 Å². The van der Waals surface area contributed by atoms with Crippen LogP contribution in [0.3, 0.4) is 0 Å². The summed E-state index contributed by atoms with van der Waals surface area (Å²) in [7, 11) is 2.88. The summed E-state index contributed by atoms with van der Waals surface area (Å²) >= 11 is 0. The number of methoxy groups -OCH3 is 1. The van der Waals surface area contributed by atoms with E-state index in [1.54, 1.807) is 26.1 Å². The third kappa shape index (κ3) is 4.32. The van der Waals surface area contributed by atoms with Crippen LogP contribution in [0.2, 0.25) is 0 Å². The minimum atomic E-state index is -0.861. The maximum atomic E-state index is 12.5. The molecule has 0 aliphatic carbocycles. The van der Waals surface area contributed by atoms with E-state index in [4.69, 9.17) is 4.74 Å². The van der Waals surface area contributed by atoms with Gasteiger partial charge >= 0.3 is 11.9 Å². The van der Waals surface area contributed by atoms with E-state index in [2.05, 4.69) is 9.84 Å². The first-order valence-electron chi connectivity index (χ1n) is 7.54. The van der Waals surface area contributed by atoms with Crippen molar-refractivity contribution in [1.29, 1.82) is 0 Å². The van der Waals surface area contributed by atoms with E-state index >= 15 is 0 Å². The van der Waals surface area contributed by atoms with Gasteiger partial charge in [0.05, 0.1) is 13.5 Å². The predicted molar refractivity (Wildman–Crippen MR) is 91.9 cm³/mol. The fourth-order valence-corrected chi connectivity index (χ4v) is 2.29. The van der Waals surface area contributed by atoms with Gasteiger partial charge in [-0.3, -0.25) is 9.80 Å². The first kappa shape index (κ1) is 17.5. The zero-order valence-corrected chi connectivity index (χ0v) is 13.9. The van der Waals surface area contributed by atoms with Crippen LogP contribution in [-0.2, 0) is 14.3 Å². The van der Waals surface area contributed by atoms with Crippen LogP contribution in [0.15, 0.2) is 47.6 Å². The van der Waals surface area contributed by atoms with Gasteiger partial charge in [-0.25, -0.2) is 4.79 Å². The highest BCUT2D eigenvalue weighted by molar-refractivity contribution is 5.87. The van der Waals surface area contributed by atoms with Crippen LogP contribution >= 0.6 is 0 Å². The summed E-state index contributed by atoms with van der Waals surface area (Å²) in [6, 6.07) is 12.3. The van der Waals surface area contributed by atoms with Gasteiger partial charge < -0.3 is 9.47 Å². The average molecular weight is 328 g/mol. The molecule has 0 N–H and O–H groups in total. The number of carbonyl (C=O) groups is 2. The average Bonchev–Trinajstić information content (AvgIpc) is 2.59. The predicted octanol–water partition coefficient (Wildman–Crippen LogP) is 2.61. The lowest BCUT2D eigenvalue weighted by molar-refractivity contribution is -0.149. The molecule has 2 rings (SSSR count). The highest BCUT2D eigenvalue weighted by Crippen LogP contribution is 2.21. The largest absolute Gasteiger partial charge is 0.469 e. The normalized spacial score (nSPS) is 12.1. The van der Waals surface area contributed by atoms with Gasteiger partial charge in [0.1, 0.15) is 5.75 Å². The van der Waals surface area contributed by atoms with E-state index in [1.165, 1.54) is 18.3 Å². The molecule has 6 nitrogen and oxygen atoms in total. The molecule has 126 valence electrons. The molecule has 1 atom stereocenters. The third-order valence-electron chi connectivity index (χ3n) is 3.55. The minimum absolute atomic E-state index is 0.142. The van der Waals surface area contributed by atoms with Crippen molar-refractivity contribution in [2.75, 3.05) is 14.2 Å². The molecule has 0 saturated carbocycles. The molecule has 0 spiro atoms. The van der Waals surface area contributed by atoms with Crippen LogP contribution in [0.4, 0.5) is 0 Å². The second-order valence-corrected chi connectivity index (χ2v) is 5.17. The van der Waals surface area contributed by atoms with E-state index in [0.29, 0.717) is 5.75 Å². The number of benzene rings is 2. The molecule has 1 unspecified atom stereocenters. The second kappa shape index (κ2) is 8.10. The Morgan fingerprint density at radius 2 is 1.92 bits per heavy atom. The molecule has 0 amide bonds. The summed E-state index contributed by atoms with van der Waals surface area (Å²) in [5.41, 5.74) is 0. The lowest BCUT2D eigenvalue weighted by Crippen LogP contribution is -2.40. The zero-order chi connectivity index (χ0) is 17.5. The van der Waals surface area contributed by atoms with Crippen molar-refractivity contribution in [3.8, 4) is 5.75 Å². The Labute approximate surface area is 140 Å². The maximum absolute atomic E-state index is 12.5. The number of nitrogens with zero attached hydrogens (tertiary/aromatic N) is 2. The Morgan fingerprint density at radius 1 is 1.21 bits per heavy atom. The van der Waals surface area contributed by atoms with Gasteiger partial charge in [0.25, 0.3) is 0 Å². The smallest absolute Gasteiger partial charge is 0.336 e. The number of esters is 2. The third-order valence-corrected chi connectivity index (χ3v) is 3.55. The molecule has 2 aromatic carbocycles. The molecule has 0 fully saturated rings. The molecular weight excluding hydrogens is 308 g/mol. The van der Waals surface area contributed by atoms with Crippen molar-refractivity contribution >= 4 is 28.9 Å². The summed E-state index contributed by atoms with van der Waals surface area (Å²) in [6.45, 7) is 1.72. The standard InChI is InChI=1S/C18H20N2O4/c1-4-19-20(2)16(12-17(21)23-3)18(22)24-15-10-9-13-7-5-6-8-14(13)11-15/h4-11,16H,12H2,1-3H3. The highest BCUT2D eigenvalue weighted by Gasteiger charge is 2.28. The molecular formula is C18H20N2O4. The molecule has 6 heteroatoms. The highest BCUT2D eigenvalue weighted by atomic mass is 16.5. The summed E-state index contributed by atoms with van der Waals surface area (Å²) < 4.78 is 10.1. The molecule has 0 heterocycles. The van der Waals surface area contributed by atoms with E-state index < -0.39 is 18.0 Å². The SMILES string of the molecule is CC=NN(C)C(CC(=O)OC)C(=O)Oc1ccc2ccccc2c1. The molecule has 24 heavy (non-hydrogen) atoms. The van der Waals surface area contributed by atoms with Crippen LogP contribution in [0.25, 0.3) is 10.8 Å². The van der Waals surface area contributed by atoms with E-state index in [1.807, 2.05) is 30.3 Å². The Bertz CT molecular complexity index is 758. The monoisotopic (exact) mass is 328 g/mol. The Balaban J connectivity index is 2.19. The van der Waals surface area contributed by atoms with E-state index in [9.17, 15) is 9.59 Å². The number of hydrogen-bond donors (Lipinski definition) is 0. The lowest BCUT2D eigenvalue weighted by Gasteiger charge is -2.22. The number of ether oxygens (including phenoxy) is 2. The van der Waals surface area contributed by atoms with Crippen molar-refractivity contribution in [3.05, 3.63) is 42.5 Å². The van der Waals surface area contributed by atoms with Crippen LogP contribution in [0.1, 0.15) is 13.3 Å². The first-order chi connectivity index (χ1) is 11.5. The zero-order valence-electron chi connectivity index (χ0n) is 13.9. The fraction of sp³-hybridized carbons (Fsp3) is 0.278. The van der Waals surface area contributed by atoms with Gasteiger partial charge in [0, 0.05) is 13.3 Å². The van der Waals surface area contributed by atoms with Crippen molar-refractivity contribution in [2.45, 2.75) is 19.4 Å². The van der Waals surface area contributed by atoms with Crippen LogP contribution in [0, 0.1) is 0 Å². The maximum Gasteiger partial charge on any atom is 0.336 e. The minimum Gasteiger partial charge on any atom is -0.469 e. The Hall–Kier alpha value is -2.89. The summed E-state index contributed by atoms with van der Waals surface area (Å²) in [5.74, 6) is -0.653. The Morgan fingerprint density at radius 3 is 2.58 bits per heavy atom. The van der Waals surface area contributed by atoms with Crippen molar-refractivity contribution in [1.82, 2.24) is 5.01 Å². The number of hydrazone groups is 1. The van der Waals surface area contributed by atoms with E-state index in [-0.39, 0.29) is 6.42 Å². The molecule has 0 bridgehead atoms. The van der Waals surface area contributed by atoms with Gasteiger partial charge in [0.15, 0.2) is 6.04 Å². The molecule has 0 aliphatic rings. The van der Waals surface area contributed by atoms with Crippen LogP contribution in [-0.4, -0.2) is 43.4 Å². The van der Waals surface area contributed by atoms with Gasteiger partial charge in [-0.1, -0.05) is 30.3 Å². The Kier molecular flexibility index (Phi) is 5.89. The lowest BCUT2D eigenvalue weighted by atomic mass is 10.1. The summed E-state index contributed by atoms with van der Waals surface area (Å²) in [6.07, 6.45) is 1.39. The molecule has 0 aromatic heterocycles. The second-order valence-electron chi connectivity index (χ2n) is 5.17.